The van der Waals surface area contributed by atoms with E-state index in [2.05, 4.69) is 0 Å². The number of halogens is 1. The van der Waals surface area contributed by atoms with Crippen molar-refractivity contribution in [1.29, 1.82) is 0 Å². The Labute approximate surface area is 216 Å². The molecule has 0 unspecified atom stereocenters. The van der Waals surface area contributed by atoms with Crippen molar-refractivity contribution in [1.82, 2.24) is 14.7 Å². The zero-order valence-corrected chi connectivity index (χ0v) is 21.1. The van der Waals surface area contributed by atoms with Gasteiger partial charge in [0.25, 0.3) is 5.91 Å². The molecule has 0 saturated heterocycles. The predicted octanol–water partition coefficient (Wildman–Crippen LogP) is 6.69. The molecule has 7 heteroatoms. The van der Waals surface area contributed by atoms with Gasteiger partial charge in [0.2, 0.25) is 5.88 Å². The summed E-state index contributed by atoms with van der Waals surface area (Å²) in [5, 5.41) is 5.27. The van der Waals surface area contributed by atoms with E-state index in [9.17, 15) is 4.79 Å². The van der Waals surface area contributed by atoms with Crippen LogP contribution in [0.15, 0.2) is 78.9 Å². The molecule has 6 nitrogen and oxygen atoms in total. The molecule has 1 heterocycles. The molecule has 0 aliphatic heterocycles. The summed E-state index contributed by atoms with van der Waals surface area (Å²) in [6.45, 7) is 2.96. The third kappa shape index (κ3) is 5.09. The Balaban J connectivity index is 1.57. The van der Waals surface area contributed by atoms with Gasteiger partial charge in [0.1, 0.15) is 0 Å². The van der Waals surface area contributed by atoms with Gasteiger partial charge in [0, 0.05) is 6.54 Å². The van der Waals surface area contributed by atoms with Gasteiger partial charge in [-0.1, -0.05) is 54.1 Å². The molecule has 0 bridgehead atoms. The van der Waals surface area contributed by atoms with Gasteiger partial charge in [0.15, 0.2) is 11.5 Å². The Morgan fingerprint density at radius 3 is 2.36 bits per heavy atom. The minimum atomic E-state index is -0.0948. The van der Waals surface area contributed by atoms with Gasteiger partial charge < -0.3 is 14.4 Å². The molecular weight excluding hydrogens is 474 g/mol. The highest BCUT2D eigenvalue weighted by Gasteiger charge is 2.31. The molecule has 3 aromatic carbocycles. The molecular formula is C29H28ClN3O3. The normalized spacial score (nSPS) is 12.9. The number of hydrogen-bond acceptors (Lipinski definition) is 4. The number of hydrogen-bond donors (Lipinski definition) is 0. The first-order valence-corrected chi connectivity index (χ1v) is 12.4. The molecule has 0 radical (unpaired) electrons. The SMILES string of the molecule is COc1ccccc1Oc1c(CN(CC2CC2)C(=O)c2ccccc2Cl)c(C)nn1-c1ccccc1. The molecule has 0 atom stereocenters. The van der Waals surface area contributed by atoms with Crippen LogP contribution in [-0.4, -0.2) is 34.2 Å². The zero-order valence-electron chi connectivity index (χ0n) is 20.4. The molecule has 0 spiro atoms. The van der Waals surface area contributed by atoms with E-state index in [-0.39, 0.29) is 5.91 Å². The van der Waals surface area contributed by atoms with Crippen molar-refractivity contribution in [2.75, 3.05) is 13.7 Å². The summed E-state index contributed by atoms with van der Waals surface area (Å²) in [7, 11) is 1.61. The van der Waals surface area contributed by atoms with Crippen LogP contribution in [0.4, 0.5) is 0 Å². The highest BCUT2D eigenvalue weighted by atomic mass is 35.5. The Morgan fingerprint density at radius 1 is 1.00 bits per heavy atom. The molecule has 1 saturated carbocycles. The summed E-state index contributed by atoms with van der Waals surface area (Å²) >= 11 is 6.40. The van der Waals surface area contributed by atoms with Crippen LogP contribution in [-0.2, 0) is 6.54 Å². The zero-order chi connectivity index (χ0) is 25.1. The standard InChI is InChI=1S/C29H28ClN3O3/c1-20-24(19-32(18-21-16-17-21)28(34)23-12-6-7-13-25(23)30)29(33(31-20)22-10-4-3-5-11-22)36-27-15-9-8-14-26(27)35-2/h3-15,21H,16-19H2,1-2H3. The van der Waals surface area contributed by atoms with Crippen molar-refractivity contribution in [3.8, 4) is 23.1 Å². The van der Waals surface area contributed by atoms with Crippen LogP contribution in [0.25, 0.3) is 5.69 Å². The fraction of sp³-hybridized carbons (Fsp3) is 0.241. The van der Waals surface area contributed by atoms with Crippen molar-refractivity contribution in [3.63, 3.8) is 0 Å². The van der Waals surface area contributed by atoms with Gasteiger partial charge in [-0.15, -0.1) is 0 Å². The van der Waals surface area contributed by atoms with E-state index >= 15 is 0 Å². The number of carbonyl (C=O) groups excluding carboxylic acids is 1. The van der Waals surface area contributed by atoms with E-state index in [0.717, 1.165) is 29.8 Å². The average molecular weight is 502 g/mol. The molecule has 184 valence electrons. The summed E-state index contributed by atoms with van der Waals surface area (Å²) in [6, 6.07) is 24.5. The first-order valence-electron chi connectivity index (χ1n) is 12.0. The van der Waals surface area contributed by atoms with E-state index in [1.807, 2.05) is 78.6 Å². The number of rotatable bonds is 9. The van der Waals surface area contributed by atoms with Crippen LogP contribution in [0.2, 0.25) is 5.02 Å². The second-order valence-electron chi connectivity index (χ2n) is 8.98. The van der Waals surface area contributed by atoms with Gasteiger partial charge in [-0.05, 0) is 62.1 Å². The number of carbonyl (C=O) groups is 1. The third-order valence-electron chi connectivity index (χ3n) is 6.33. The van der Waals surface area contributed by atoms with Crippen LogP contribution in [0.1, 0.15) is 34.5 Å². The molecule has 36 heavy (non-hydrogen) atoms. The van der Waals surface area contributed by atoms with E-state index in [0.29, 0.717) is 47.0 Å². The number of aromatic nitrogens is 2. The highest BCUT2D eigenvalue weighted by Crippen LogP contribution is 2.37. The first kappa shape index (κ1) is 23.9. The molecule has 1 aliphatic rings. The van der Waals surface area contributed by atoms with Crippen LogP contribution in [0, 0.1) is 12.8 Å². The van der Waals surface area contributed by atoms with Crippen molar-refractivity contribution < 1.29 is 14.3 Å². The van der Waals surface area contributed by atoms with E-state index in [1.165, 1.54) is 0 Å². The van der Waals surface area contributed by atoms with Gasteiger partial charge >= 0.3 is 0 Å². The molecule has 5 rings (SSSR count). The minimum absolute atomic E-state index is 0.0948. The summed E-state index contributed by atoms with van der Waals surface area (Å²) < 4.78 is 13.8. The minimum Gasteiger partial charge on any atom is -0.493 e. The van der Waals surface area contributed by atoms with Crippen LogP contribution in [0.5, 0.6) is 17.4 Å². The van der Waals surface area contributed by atoms with Crippen molar-refractivity contribution in [2.45, 2.75) is 26.3 Å². The number of methoxy groups -OCH3 is 1. The lowest BCUT2D eigenvalue weighted by molar-refractivity contribution is 0.0734. The molecule has 1 amide bonds. The maximum absolute atomic E-state index is 13.6. The topological polar surface area (TPSA) is 56.6 Å². The van der Waals surface area contributed by atoms with Crippen molar-refractivity contribution in [2.24, 2.45) is 5.92 Å². The number of aryl methyl sites for hydroxylation is 1. The lowest BCUT2D eigenvalue weighted by Crippen LogP contribution is -2.33. The van der Waals surface area contributed by atoms with Gasteiger partial charge in [0.05, 0.1) is 41.2 Å². The molecule has 0 N–H and O–H groups in total. The Kier molecular flexibility index (Phi) is 6.96. The molecule has 1 aliphatic carbocycles. The summed E-state index contributed by atoms with van der Waals surface area (Å²) in [4.78, 5) is 15.5. The highest BCUT2D eigenvalue weighted by molar-refractivity contribution is 6.33. The monoisotopic (exact) mass is 501 g/mol. The van der Waals surface area contributed by atoms with Gasteiger partial charge in [-0.3, -0.25) is 4.79 Å². The maximum atomic E-state index is 13.6. The van der Waals surface area contributed by atoms with E-state index < -0.39 is 0 Å². The third-order valence-corrected chi connectivity index (χ3v) is 6.66. The van der Waals surface area contributed by atoms with Gasteiger partial charge in [-0.25, -0.2) is 4.68 Å². The maximum Gasteiger partial charge on any atom is 0.255 e. The Morgan fingerprint density at radius 2 is 1.67 bits per heavy atom. The number of para-hydroxylation sites is 3. The van der Waals surface area contributed by atoms with E-state index in [1.54, 1.807) is 23.9 Å². The fourth-order valence-electron chi connectivity index (χ4n) is 4.20. The number of nitrogens with zero attached hydrogens (tertiary/aromatic N) is 3. The quantitative estimate of drug-likeness (QED) is 0.256. The second-order valence-corrected chi connectivity index (χ2v) is 9.39. The van der Waals surface area contributed by atoms with Crippen LogP contribution >= 0.6 is 11.6 Å². The number of amides is 1. The smallest absolute Gasteiger partial charge is 0.255 e. The van der Waals surface area contributed by atoms with Crippen LogP contribution < -0.4 is 9.47 Å². The largest absolute Gasteiger partial charge is 0.493 e. The predicted molar refractivity (Wildman–Crippen MR) is 140 cm³/mol. The van der Waals surface area contributed by atoms with Crippen molar-refractivity contribution >= 4 is 17.5 Å². The molecule has 1 aromatic heterocycles. The van der Waals surface area contributed by atoms with Crippen molar-refractivity contribution in [3.05, 3.63) is 101 Å². The molecule has 1 fully saturated rings. The Bertz CT molecular complexity index is 1370. The van der Waals surface area contributed by atoms with Crippen LogP contribution in [0.3, 0.4) is 0 Å². The second kappa shape index (κ2) is 10.5. The number of ether oxygens (including phenoxy) is 2. The summed E-state index contributed by atoms with van der Waals surface area (Å²) in [5.41, 5.74) is 2.99. The molecule has 4 aromatic rings. The Hall–Kier alpha value is -3.77. The van der Waals surface area contributed by atoms with Gasteiger partial charge in [-0.2, -0.15) is 5.10 Å². The van der Waals surface area contributed by atoms with E-state index in [4.69, 9.17) is 26.2 Å². The lowest BCUT2D eigenvalue weighted by atomic mass is 10.1. The summed E-state index contributed by atoms with van der Waals surface area (Å²) in [6.07, 6.45) is 2.25. The first-order chi connectivity index (χ1) is 17.5. The fourth-order valence-corrected chi connectivity index (χ4v) is 4.42. The lowest BCUT2D eigenvalue weighted by Gasteiger charge is -2.24. The number of benzene rings is 3. The average Bonchev–Trinajstić information content (AvgIpc) is 3.68. The summed E-state index contributed by atoms with van der Waals surface area (Å²) in [5.74, 6) is 2.14.